The number of aliphatic carboxylic acids is 1. The second-order valence-corrected chi connectivity index (χ2v) is 9.55. The first-order valence-electron chi connectivity index (χ1n) is 11.2. The number of carboxylic acids is 1. The van der Waals surface area contributed by atoms with Gasteiger partial charge in [-0.25, -0.2) is 23.7 Å². The number of nitrogens with zero attached hydrogens (tertiary/aromatic N) is 4. The van der Waals surface area contributed by atoms with E-state index in [9.17, 15) is 14.3 Å². The van der Waals surface area contributed by atoms with E-state index in [0.29, 0.717) is 23.9 Å². The number of fused-ring (bicyclic) bond motifs is 4. The molecule has 4 fully saturated rings. The van der Waals surface area contributed by atoms with Gasteiger partial charge in [-0.3, -0.25) is 9.89 Å². The van der Waals surface area contributed by atoms with Crippen LogP contribution < -0.4 is 11.1 Å². The fourth-order valence-corrected chi connectivity index (χ4v) is 5.57. The summed E-state index contributed by atoms with van der Waals surface area (Å²) in [7, 11) is 0. The number of H-pyrrole nitrogens is 1. The smallest absolute Gasteiger partial charge is 0.308 e. The molecule has 0 aromatic carbocycles. The number of halogens is 2. The molecule has 9 nitrogen and oxygen atoms in total. The Kier molecular flexibility index (Phi) is 4.42. The highest BCUT2D eigenvalue weighted by molar-refractivity contribution is 5.88. The lowest BCUT2D eigenvalue weighted by Gasteiger charge is -2.47. The van der Waals surface area contributed by atoms with Gasteiger partial charge in [-0.2, -0.15) is 5.10 Å². The van der Waals surface area contributed by atoms with Gasteiger partial charge < -0.3 is 16.2 Å². The van der Waals surface area contributed by atoms with Gasteiger partial charge in [0.25, 0.3) is 0 Å². The molecule has 5 N–H and O–H groups in total. The van der Waals surface area contributed by atoms with Crippen LogP contribution >= 0.6 is 0 Å². The van der Waals surface area contributed by atoms with Gasteiger partial charge in [0.2, 0.25) is 0 Å². The molecule has 11 heteroatoms. The van der Waals surface area contributed by atoms with Crippen LogP contribution in [0.15, 0.2) is 12.3 Å². The highest BCUT2D eigenvalue weighted by Crippen LogP contribution is 2.48. The Morgan fingerprint density at radius 1 is 1.18 bits per heavy atom. The van der Waals surface area contributed by atoms with Crippen molar-refractivity contribution >= 4 is 22.8 Å². The predicted molar refractivity (Wildman–Crippen MR) is 114 cm³/mol. The molecule has 4 saturated carbocycles. The van der Waals surface area contributed by atoms with Crippen LogP contribution in [0.4, 0.5) is 14.6 Å². The predicted octanol–water partition coefficient (Wildman–Crippen LogP) is 2.94. The molecular formula is C22H23F2N7O2. The van der Waals surface area contributed by atoms with Crippen molar-refractivity contribution < 1.29 is 18.7 Å². The average Bonchev–Trinajstić information content (AvgIpc) is 3.41. The maximum Gasteiger partial charge on any atom is 0.308 e. The van der Waals surface area contributed by atoms with Gasteiger partial charge in [0, 0.05) is 6.04 Å². The van der Waals surface area contributed by atoms with Crippen LogP contribution in [0.3, 0.4) is 0 Å². The Labute approximate surface area is 187 Å². The van der Waals surface area contributed by atoms with E-state index in [1.807, 2.05) is 0 Å². The topological polar surface area (TPSA) is 143 Å². The largest absolute Gasteiger partial charge is 0.481 e. The Bertz CT molecular complexity index is 1270. The van der Waals surface area contributed by atoms with Crippen LogP contribution in [0.5, 0.6) is 0 Å². The molecule has 0 radical (unpaired) electrons. The van der Waals surface area contributed by atoms with Crippen LogP contribution in [0.2, 0.25) is 0 Å². The highest BCUT2D eigenvalue weighted by atomic mass is 19.1. The summed E-state index contributed by atoms with van der Waals surface area (Å²) < 4.78 is 29.5. The molecule has 33 heavy (non-hydrogen) atoms. The number of anilines is 1. The first-order valence-corrected chi connectivity index (χ1v) is 11.2. The second-order valence-electron chi connectivity index (χ2n) is 9.55. The van der Waals surface area contributed by atoms with Gasteiger partial charge in [0.05, 0.1) is 23.0 Å². The minimum atomic E-state index is -0.907. The summed E-state index contributed by atoms with van der Waals surface area (Å²) in [6, 6.07) is 0.821. The van der Waals surface area contributed by atoms with Gasteiger partial charge in [-0.1, -0.05) is 0 Å². The van der Waals surface area contributed by atoms with Gasteiger partial charge in [0.15, 0.2) is 23.1 Å². The quantitative estimate of drug-likeness (QED) is 0.460. The van der Waals surface area contributed by atoms with Crippen molar-refractivity contribution in [3.05, 3.63) is 29.6 Å². The molecule has 0 unspecified atom stereocenters. The molecule has 4 aliphatic carbocycles. The fraction of sp³-hybridized carbons (Fsp3) is 0.500. The first kappa shape index (κ1) is 20.4. The van der Waals surface area contributed by atoms with Crippen LogP contribution in [0.1, 0.15) is 44.2 Å². The van der Waals surface area contributed by atoms with Crippen LogP contribution in [-0.4, -0.2) is 42.3 Å². The summed E-state index contributed by atoms with van der Waals surface area (Å²) in [5.41, 5.74) is 6.05. The minimum absolute atomic E-state index is 0.0590. The highest BCUT2D eigenvalue weighted by Gasteiger charge is 2.49. The summed E-state index contributed by atoms with van der Waals surface area (Å²) in [6.07, 6.45) is 5.74. The van der Waals surface area contributed by atoms with E-state index in [1.54, 1.807) is 0 Å². The molecule has 3 aromatic heterocycles. The van der Waals surface area contributed by atoms with Crippen molar-refractivity contribution in [1.29, 1.82) is 0 Å². The zero-order chi connectivity index (χ0) is 22.9. The number of carbonyl (C=O) groups is 1. The lowest BCUT2D eigenvalue weighted by atomic mass is 9.61. The van der Waals surface area contributed by atoms with Crippen molar-refractivity contribution in [2.45, 2.75) is 50.1 Å². The zero-order valence-electron chi connectivity index (χ0n) is 17.7. The number of nitrogens with two attached hydrogens (primary N) is 1. The SMILES string of the molecule is NC1(c2nc(-c3[nH]nc4ncc(F)cc34)nc(N[C@H]3C4CCC(CC4)[C@@H]3C(=O)O)c2F)CC1. The van der Waals surface area contributed by atoms with E-state index in [-0.39, 0.29) is 34.8 Å². The molecule has 3 heterocycles. The number of hydrogen-bond donors (Lipinski definition) is 4. The Hall–Kier alpha value is -3.21. The van der Waals surface area contributed by atoms with E-state index >= 15 is 4.39 Å². The number of nitrogens with one attached hydrogen (secondary N) is 2. The maximum absolute atomic E-state index is 15.6. The third kappa shape index (κ3) is 3.25. The van der Waals surface area contributed by atoms with E-state index in [2.05, 4.69) is 30.5 Å². The van der Waals surface area contributed by atoms with Crippen molar-refractivity contribution in [2.24, 2.45) is 23.5 Å². The summed E-state index contributed by atoms with van der Waals surface area (Å²) in [5.74, 6) is -2.51. The number of rotatable bonds is 5. The van der Waals surface area contributed by atoms with Gasteiger partial charge >= 0.3 is 5.97 Å². The maximum atomic E-state index is 15.6. The van der Waals surface area contributed by atoms with Crippen molar-refractivity contribution in [2.75, 3.05) is 5.32 Å². The Morgan fingerprint density at radius 2 is 1.91 bits per heavy atom. The third-order valence-electron chi connectivity index (χ3n) is 7.52. The van der Waals surface area contributed by atoms with Gasteiger partial charge in [-0.05, 0) is 56.4 Å². The van der Waals surface area contributed by atoms with Gasteiger partial charge in [-0.15, -0.1) is 0 Å². The fourth-order valence-electron chi connectivity index (χ4n) is 5.57. The van der Waals surface area contributed by atoms with Crippen LogP contribution in [-0.2, 0) is 10.3 Å². The molecule has 2 atom stereocenters. The molecule has 7 rings (SSSR count). The molecule has 4 aliphatic rings. The number of aromatic amines is 1. The summed E-state index contributed by atoms with van der Waals surface area (Å²) in [5, 5.41) is 20.2. The zero-order valence-corrected chi connectivity index (χ0v) is 17.7. The molecule has 0 spiro atoms. The molecule has 0 saturated heterocycles. The summed E-state index contributed by atoms with van der Waals surface area (Å²) >= 11 is 0. The molecule has 0 amide bonds. The van der Waals surface area contributed by atoms with E-state index in [1.165, 1.54) is 6.07 Å². The molecule has 3 aromatic rings. The molecule has 172 valence electrons. The normalized spacial score (nSPS) is 27.6. The monoisotopic (exact) mass is 455 g/mol. The lowest BCUT2D eigenvalue weighted by molar-refractivity contribution is -0.148. The number of aromatic nitrogens is 5. The van der Waals surface area contributed by atoms with Crippen molar-refractivity contribution in [3.63, 3.8) is 0 Å². The number of hydrogen-bond acceptors (Lipinski definition) is 7. The minimum Gasteiger partial charge on any atom is -0.481 e. The van der Waals surface area contributed by atoms with E-state index in [4.69, 9.17) is 5.73 Å². The van der Waals surface area contributed by atoms with Crippen LogP contribution in [0, 0.1) is 29.4 Å². The standard InChI is InChI=1S/C22H23F2N7O2/c23-11-7-12-16(30-31-18(12)26-8-11)20-28-17(22(25)5-6-22)14(24)19(29-20)27-15-10-3-1-9(2-4-10)13(15)21(32)33/h7-10,13,15H,1-6,25H2,(H,32,33)(H,26,30,31)(H,27,28,29)/t9?,10?,13-,15-/m0/s1. The third-order valence-corrected chi connectivity index (χ3v) is 7.52. The van der Waals surface area contributed by atoms with Crippen molar-refractivity contribution in [3.8, 4) is 11.5 Å². The molecule has 2 bridgehead atoms. The lowest BCUT2D eigenvalue weighted by Crippen LogP contribution is -2.51. The summed E-state index contributed by atoms with van der Waals surface area (Å²) in [4.78, 5) is 24.8. The van der Waals surface area contributed by atoms with Crippen LogP contribution in [0.25, 0.3) is 22.6 Å². The molecular weight excluding hydrogens is 432 g/mol. The van der Waals surface area contributed by atoms with E-state index in [0.717, 1.165) is 31.9 Å². The van der Waals surface area contributed by atoms with E-state index < -0.39 is 35.1 Å². The van der Waals surface area contributed by atoms with Gasteiger partial charge in [0.1, 0.15) is 17.2 Å². The Morgan fingerprint density at radius 3 is 2.61 bits per heavy atom. The van der Waals surface area contributed by atoms with Crippen molar-refractivity contribution in [1.82, 2.24) is 25.1 Å². The summed E-state index contributed by atoms with van der Waals surface area (Å²) in [6.45, 7) is 0. The average molecular weight is 455 g/mol. The number of pyridine rings is 1. The second kappa shape index (κ2) is 7.14. The first-order chi connectivity index (χ1) is 15.8. The molecule has 0 aliphatic heterocycles. The number of carboxylic acid groups (broad SMARTS) is 1. The Balaban J connectivity index is 1.47.